The quantitative estimate of drug-likeness (QED) is 0.233. The van der Waals surface area contributed by atoms with Gasteiger partial charge in [-0.1, -0.05) is 6.07 Å². The van der Waals surface area contributed by atoms with Crippen LogP contribution in [0, 0.1) is 5.41 Å². The normalized spacial score (nSPS) is 16.5. The van der Waals surface area contributed by atoms with E-state index in [4.69, 9.17) is 10.1 Å². The number of carbonyl (C=O) groups is 1. The Labute approximate surface area is 203 Å². The van der Waals surface area contributed by atoms with Gasteiger partial charge in [0.25, 0.3) is 12.3 Å². The number of rotatable bonds is 6. The first kappa shape index (κ1) is 26.4. The number of nitrogens with one attached hydrogen (secondary N) is 2. The van der Waals surface area contributed by atoms with Gasteiger partial charge in [0.1, 0.15) is 6.61 Å². The number of ether oxygens (including phenoxy) is 1. The van der Waals surface area contributed by atoms with Crippen LogP contribution in [0.5, 0.6) is 0 Å². The number of amidine groups is 1. The number of nitrogens with zero attached hydrogens (tertiary/aromatic N) is 3. The molecule has 1 aromatic heterocycles. The lowest BCUT2D eigenvalue weighted by Gasteiger charge is -2.21. The Hall–Kier alpha value is -3.22. The molecule has 1 amide bonds. The third kappa shape index (κ3) is 7.13. The van der Waals surface area contributed by atoms with Crippen LogP contribution in [0.15, 0.2) is 47.1 Å². The SMILES string of the molecule is N=C(OCc1ccncc1)C(=NS)N1CCC(NC(=O)Cc2cc(C(F)F)ccc2C(F)(F)F)C1. The number of hydrogen-bond acceptors (Lipinski definition) is 6. The molecule has 188 valence electrons. The fraction of sp³-hybridized carbons (Fsp3) is 0.364. The van der Waals surface area contributed by atoms with E-state index in [9.17, 15) is 26.7 Å². The van der Waals surface area contributed by atoms with Crippen molar-refractivity contribution in [2.45, 2.75) is 38.1 Å². The highest BCUT2D eigenvalue weighted by atomic mass is 32.1. The smallest absolute Gasteiger partial charge is 0.416 e. The highest BCUT2D eigenvalue weighted by molar-refractivity contribution is 7.79. The van der Waals surface area contributed by atoms with Gasteiger partial charge in [-0.2, -0.15) is 17.6 Å². The average molecular weight is 516 g/mol. The molecule has 0 bridgehead atoms. The summed E-state index contributed by atoms with van der Waals surface area (Å²) in [4.78, 5) is 18.0. The van der Waals surface area contributed by atoms with E-state index in [0.29, 0.717) is 31.2 Å². The van der Waals surface area contributed by atoms with Gasteiger partial charge in [0.15, 0.2) is 5.84 Å². The number of pyridine rings is 1. The standard InChI is InChI=1S/C22H22F5N5O2S/c23-19(24)14-1-2-17(22(25,26)27)15(9-14)10-18(33)30-16-5-8-32(11-16)21(31-35)20(28)34-12-13-3-6-29-7-4-13/h1-4,6-7,9,16,19,28,35H,5,8,10-12H2,(H,30,33). The van der Waals surface area contributed by atoms with Crippen molar-refractivity contribution in [2.75, 3.05) is 13.1 Å². The first-order chi connectivity index (χ1) is 16.6. The van der Waals surface area contributed by atoms with Gasteiger partial charge in [-0.25, -0.2) is 8.78 Å². The first-order valence-electron chi connectivity index (χ1n) is 10.4. The van der Waals surface area contributed by atoms with E-state index in [1.807, 2.05) is 0 Å². The Kier molecular flexibility index (Phi) is 8.65. The van der Waals surface area contributed by atoms with Gasteiger partial charge >= 0.3 is 6.18 Å². The molecule has 1 aliphatic rings. The number of halogens is 5. The van der Waals surface area contributed by atoms with Gasteiger partial charge in [-0.05, 0) is 54.6 Å². The summed E-state index contributed by atoms with van der Waals surface area (Å²) in [6.07, 6.45) is -4.84. The summed E-state index contributed by atoms with van der Waals surface area (Å²) in [5.41, 5.74) is -1.45. The highest BCUT2D eigenvalue weighted by Gasteiger charge is 2.35. The Bertz CT molecular complexity index is 1080. The molecule has 7 nitrogen and oxygen atoms in total. The molecule has 3 rings (SSSR count). The minimum absolute atomic E-state index is 0.112. The molecule has 0 radical (unpaired) electrons. The van der Waals surface area contributed by atoms with Crippen LogP contribution in [-0.2, 0) is 28.7 Å². The van der Waals surface area contributed by atoms with Crippen LogP contribution in [0.2, 0.25) is 0 Å². The molecule has 0 spiro atoms. The average Bonchev–Trinajstić information content (AvgIpc) is 3.25. The molecule has 2 heterocycles. The summed E-state index contributed by atoms with van der Waals surface area (Å²) in [6.45, 7) is 0.719. The van der Waals surface area contributed by atoms with Crippen LogP contribution in [-0.4, -0.2) is 46.7 Å². The number of thiol groups is 1. The van der Waals surface area contributed by atoms with Crippen molar-refractivity contribution >= 4 is 30.5 Å². The second-order valence-electron chi connectivity index (χ2n) is 7.79. The van der Waals surface area contributed by atoms with E-state index in [2.05, 4.69) is 27.5 Å². The molecule has 0 aliphatic carbocycles. The minimum Gasteiger partial charge on any atom is -0.471 e. The topological polar surface area (TPSA) is 90.7 Å². The van der Waals surface area contributed by atoms with Crippen LogP contribution in [0.3, 0.4) is 0 Å². The van der Waals surface area contributed by atoms with E-state index < -0.39 is 47.7 Å². The van der Waals surface area contributed by atoms with E-state index >= 15 is 0 Å². The number of benzene rings is 1. The molecule has 1 aromatic carbocycles. The van der Waals surface area contributed by atoms with Crippen molar-refractivity contribution < 1.29 is 31.5 Å². The number of hydrogen-bond donors (Lipinski definition) is 3. The molecule has 2 N–H and O–H groups in total. The Morgan fingerprint density at radius 3 is 2.63 bits per heavy atom. The first-order valence-corrected chi connectivity index (χ1v) is 10.8. The number of amides is 1. The molecule has 1 fully saturated rings. The summed E-state index contributed by atoms with van der Waals surface area (Å²) in [7, 11) is 0. The van der Waals surface area contributed by atoms with Crippen LogP contribution < -0.4 is 5.32 Å². The van der Waals surface area contributed by atoms with E-state index in [-0.39, 0.29) is 24.9 Å². The van der Waals surface area contributed by atoms with E-state index in [1.165, 1.54) is 0 Å². The summed E-state index contributed by atoms with van der Waals surface area (Å²) in [6, 6.07) is 4.98. The maximum Gasteiger partial charge on any atom is 0.416 e. The fourth-order valence-electron chi connectivity index (χ4n) is 3.65. The molecule has 1 atom stereocenters. The Morgan fingerprint density at radius 1 is 1.29 bits per heavy atom. The van der Waals surface area contributed by atoms with Gasteiger partial charge in [-0.15, -0.1) is 0 Å². The summed E-state index contributed by atoms with van der Waals surface area (Å²) >= 11 is 3.90. The van der Waals surface area contributed by atoms with Gasteiger partial charge in [0, 0.05) is 37.1 Å². The molecule has 1 unspecified atom stereocenters. The Balaban J connectivity index is 1.59. The summed E-state index contributed by atoms with van der Waals surface area (Å²) in [5, 5.41) is 10.8. The van der Waals surface area contributed by atoms with Crippen LogP contribution >= 0.6 is 12.8 Å². The van der Waals surface area contributed by atoms with E-state index in [1.54, 1.807) is 29.4 Å². The van der Waals surface area contributed by atoms with Crippen molar-refractivity contribution in [3.8, 4) is 0 Å². The van der Waals surface area contributed by atoms with Crippen LogP contribution in [0.1, 0.15) is 35.1 Å². The molecule has 13 heteroatoms. The largest absolute Gasteiger partial charge is 0.471 e. The predicted octanol–water partition coefficient (Wildman–Crippen LogP) is 4.21. The zero-order chi connectivity index (χ0) is 25.6. The Morgan fingerprint density at radius 2 is 2.00 bits per heavy atom. The lowest BCUT2D eigenvalue weighted by atomic mass is 10.00. The second-order valence-corrected chi connectivity index (χ2v) is 7.99. The minimum atomic E-state index is -4.78. The molecular weight excluding hydrogens is 493 g/mol. The number of alkyl halides is 5. The number of aromatic nitrogens is 1. The summed E-state index contributed by atoms with van der Waals surface area (Å²) in [5.74, 6) is -0.826. The van der Waals surface area contributed by atoms with Gasteiger partial charge in [-0.3, -0.25) is 15.2 Å². The van der Waals surface area contributed by atoms with Crippen molar-refractivity contribution in [1.29, 1.82) is 5.41 Å². The molecular formula is C22H22F5N5O2S. The second kappa shape index (κ2) is 11.5. The van der Waals surface area contributed by atoms with Crippen molar-refractivity contribution in [1.82, 2.24) is 15.2 Å². The van der Waals surface area contributed by atoms with Crippen molar-refractivity contribution in [2.24, 2.45) is 4.40 Å². The number of carbonyl (C=O) groups excluding carboxylic acids is 1. The summed E-state index contributed by atoms with van der Waals surface area (Å²) < 4.78 is 75.0. The van der Waals surface area contributed by atoms with E-state index in [0.717, 1.165) is 5.56 Å². The molecule has 2 aromatic rings. The molecule has 1 saturated heterocycles. The molecule has 35 heavy (non-hydrogen) atoms. The maximum absolute atomic E-state index is 13.3. The van der Waals surface area contributed by atoms with Gasteiger partial charge in [0.2, 0.25) is 5.91 Å². The zero-order valence-corrected chi connectivity index (χ0v) is 19.1. The highest BCUT2D eigenvalue weighted by Crippen LogP contribution is 2.34. The predicted molar refractivity (Wildman–Crippen MR) is 121 cm³/mol. The van der Waals surface area contributed by atoms with Gasteiger partial charge < -0.3 is 15.0 Å². The third-order valence-electron chi connectivity index (χ3n) is 5.32. The lowest BCUT2D eigenvalue weighted by molar-refractivity contribution is -0.138. The molecule has 0 saturated carbocycles. The monoisotopic (exact) mass is 515 g/mol. The molecule has 1 aliphatic heterocycles. The zero-order valence-electron chi connectivity index (χ0n) is 18.2. The third-order valence-corrected chi connectivity index (χ3v) is 5.51. The van der Waals surface area contributed by atoms with Crippen molar-refractivity contribution in [3.05, 3.63) is 65.0 Å². The number of likely N-dealkylation sites (tertiary alicyclic amines) is 1. The van der Waals surface area contributed by atoms with Crippen molar-refractivity contribution in [3.63, 3.8) is 0 Å². The maximum atomic E-state index is 13.3. The lowest BCUT2D eigenvalue weighted by Crippen LogP contribution is -2.41. The van der Waals surface area contributed by atoms with Crippen LogP contribution in [0.4, 0.5) is 22.0 Å². The fourth-order valence-corrected chi connectivity index (χ4v) is 3.86. The van der Waals surface area contributed by atoms with Crippen LogP contribution in [0.25, 0.3) is 0 Å². The van der Waals surface area contributed by atoms with Gasteiger partial charge in [0.05, 0.1) is 12.0 Å².